The first kappa shape index (κ1) is 19.9. The molecule has 0 radical (unpaired) electrons. The van der Waals surface area contributed by atoms with Crippen molar-refractivity contribution in [2.75, 3.05) is 0 Å². The lowest BCUT2D eigenvalue weighted by Crippen LogP contribution is -2.43. The Bertz CT molecular complexity index is 1200. The molecule has 0 N–H and O–H groups in total. The van der Waals surface area contributed by atoms with Crippen molar-refractivity contribution in [3.63, 3.8) is 0 Å². The van der Waals surface area contributed by atoms with Crippen LogP contribution in [0.25, 0.3) is 5.70 Å². The van der Waals surface area contributed by atoms with Gasteiger partial charge in [0.1, 0.15) is 5.78 Å². The number of aliphatic imine (C=N–C) groups is 1. The zero-order valence-electron chi connectivity index (χ0n) is 17.1. The number of carbonyl (C=O) groups is 2. The third-order valence-electron chi connectivity index (χ3n) is 6.45. The fraction of sp³-hybridized carbons (Fsp3) is 0.320. The van der Waals surface area contributed by atoms with E-state index in [4.69, 9.17) is 4.99 Å². The van der Waals surface area contributed by atoms with E-state index in [0.29, 0.717) is 29.0 Å². The summed E-state index contributed by atoms with van der Waals surface area (Å²) in [5, 5.41) is 0. The third kappa shape index (κ3) is 2.99. The lowest BCUT2D eigenvalue weighted by molar-refractivity contribution is -0.138. The highest BCUT2D eigenvalue weighted by atomic mass is 19.4. The lowest BCUT2D eigenvalue weighted by Gasteiger charge is -2.41. The summed E-state index contributed by atoms with van der Waals surface area (Å²) < 4.78 is 41.8. The summed E-state index contributed by atoms with van der Waals surface area (Å²) in [5.41, 5.74) is 1.07. The normalized spacial score (nSPS) is 24.5. The summed E-state index contributed by atoms with van der Waals surface area (Å²) in [6.07, 6.45) is -3.86. The minimum absolute atomic E-state index is 0.0332. The van der Waals surface area contributed by atoms with Gasteiger partial charge < -0.3 is 0 Å². The highest BCUT2D eigenvalue weighted by Crippen LogP contribution is 2.53. The third-order valence-corrected chi connectivity index (χ3v) is 6.45. The van der Waals surface area contributed by atoms with Gasteiger partial charge >= 0.3 is 6.18 Å². The summed E-state index contributed by atoms with van der Waals surface area (Å²) >= 11 is 0. The number of benzene rings is 2. The highest BCUT2D eigenvalue weighted by molar-refractivity contribution is 6.25. The molecule has 1 aliphatic heterocycles. The first-order chi connectivity index (χ1) is 14.6. The number of fused-ring (bicyclic) bond motifs is 3. The molecule has 2 aromatic rings. The first-order valence-electron chi connectivity index (χ1n) is 10.2. The Morgan fingerprint density at radius 1 is 0.903 bits per heavy atom. The predicted molar refractivity (Wildman–Crippen MR) is 111 cm³/mol. The fourth-order valence-electron chi connectivity index (χ4n) is 5.28. The van der Waals surface area contributed by atoms with Gasteiger partial charge in [0.05, 0.1) is 17.2 Å². The number of alkyl halides is 3. The second kappa shape index (κ2) is 6.49. The summed E-state index contributed by atoms with van der Waals surface area (Å²) in [4.78, 5) is 31.4. The molecule has 158 valence electrons. The van der Waals surface area contributed by atoms with Gasteiger partial charge in [0.25, 0.3) is 0 Å². The van der Waals surface area contributed by atoms with Crippen molar-refractivity contribution in [3.05, 3.63) is 76.4 Å². The van der Waals surface area contributed by atoms with E-state index in [1.54, 1.807) is 24.3 Å². The maximum atomic E-state index is 13.9. The van der Waals surface area contributed by atoms with Gasteiger partial charge in [0.2, 0.25) is 0 Å². The van der Waals surface area contributed by atoms with Crippen LogP contribution >= 0.6 is 0 Å². The minimum atomic E-state index is -4.60. The molecule has 0 saturated heterocycles. The van der Waals surface area contributed by atoms with Crippen LogP contribution in [0.4, 0.5) is 13.2 Å². The molecule has 0 aromatic heterocycles. The van der Waals surface area contributed by atoms with Crippen molar-refractivity contribution in [1.82, 2.24) is 0 Å². The van der Waals surface area contributed by atoms with E-state index in [2.05, 4.69) is 0 Å². The van der Waals surface area contributed by atoms with Crippen molar-refractivity contribution in [2.24, 2.45) is 16.3 Å². The van der Waals surface area contributed by atoms with Crippen LogP contribution in [0.3, 0.4) is 0 Å². The van der Waals surface area contributed by atoms with Crippen LogP contribution in [0.2, 0.25) is 0 Å². The molecule has 5 rings (SSSR count). The zero-order chi connectivity index (χ0) is 22.1. The maximum Gasteiger partial charge on any atom is 0.416 e. The van der Waals surface area contributed by atoms with Crippen LogP contribution in [0.5, 0.6) is 0 Å². The molecule has 1 unspecified atom stereocenters. The van der Waals surface area contributed by atoms with E-state index in [0.717, 1.165) is 6.07 Å². The van der Waals surface area contributed by atoms with Gasteiger partial charge in [-0.15, -0.1) is 0 Å². The number of hydrogen-bond donors (Lipinski definition) is 0. The highest BCUT2D eigenvalue weighted by Gasteiger charge is 2.51. The van der Waals surface area contributed by atoms with E-state index < -0.39 is 23.6 Å². The van der Waals surface area contributed by atoms with Gasteiger partial charge in [0.15, 0.2) is 5.78 Å². The number of carbonyl (C=O) groups excluding carboxylic acids is 2. The van der Waals surface area contributed by atoms with E-state index in [1.165, 1.54) is 18.2 Å². The average Bonchev–Trinajstić information content (AvgIpc) is 2.97. The zero-order valence-corrected chi connectivity index (χ0v) is 17.1. The standard InChI is InChI=1S/C25H20F3NO2/c1-24(2)11-17-20(18(30)12-24)19(15-9-5-6-10-16(15)25(26,27)28)21-22(29-17)13-7-3-4-8-14(13)23(21)31/h3-10,19-20H,11-12H2,1-2H3/t19-,20?/m1/s1. The van der Waals surface area contributed by atoms with Crippen LogP contribution in [0.1, 0.15) is 59.7 Å². The van der Waals surface area contributed by atoms with Gasteiger partial charge in [-0.25, -0.2) is 0 Å². The number of halogens is 3. The topological polar surface area (TPSA) is 46.5 Å². The molecule has 3 nitrogen and oxygen atoms in total. The summed E-state index contributed by atoms with van der Waals surface area (Å²) in [5.74, 6) is -2.35. The molecule has 1 heterocycles. The Morgan fingerprint density at radius 2 is 1.55 bits per heavy atom. The van der Waals surface area contributed by atoms with Crippen LogP contribution < -0.4 is 0 Å². The number of hydrogen-bond acceptors (Lipinski definition) is 3. The van der Waals surface area contributed by atoms with Crippen molar-refractivity contribution >= 4 is 23.0 Å². The fourth-order valence-corrected chi connectivity index (χ4v) is 5.28. The number of ketones is 2. The van der Waals surface area contributed by atoms with Gasteiger partial charge in [-0.3, -0.25) is 14.6 Å². The van der Waals surface area contributed by atoms with Crippen molar-refractivity contribution in [2.45, 2.75) is 38.8 Å². The van der Waals surface area contributed by atoms with Crippen LogP contribution in [0.15, 0.2) is 59.1 Å². The van der Waals surface area contributed by atoms with Crippen molar-refractivity contribution < 1.29 is 22.8 Å². The predicted octanol–water partition coefficient (Wildman–Crippen LogP) is 5.86. The molecular weight excluding hydrogens is 403 g/mol. The van der Waals surface area contributed by atoms with Crippen molar-refractivity contribution in [3.8, 4) is 0 Å². The maximum absolute atomic E-state index is 13.9. The molecule has 6 heteroatoms. The largest absolute Gasteiger partial charge is 0.416 e. The molecule has 1 saturated carbocycles. The van der Waals surface area contributed by atoms with Gasteiger partial charge in [-0.2, -0.15) is 13.2 Å². The molecule has 0 spiro atoms. The van der Waals surface area contributed by atoms with E-state index in [-0.39, 0.29) is 34.5 Å². The van der Waals surface area contributed by atoms with E-state index in [9.17, 15) is 22.8 Å². The van der Waals surface area contributed by atoms with E-state index >= 15 is 0 Å². The summed E-state index contributed by atoms with van der Waals surface area (Å²) in [6, 6.07) is 12.2. The summed E-state index contributed by atoms with van der Waals surface area (Å²) in [6.45, 7) is 3.92. The van der Waals surface area contributed by atoms with Crippen LogP contribution in [-0.2, 0) is 11.0 Å². The molecule has 2 atom stereocenters. The Morgan fingerprint density at radius 3 is 2.26 bits per heavy atom. The molecule has 2 aromatic carbocycles. The Labute approximate surface area is 177 Å². The van der Waals surface area contributed by atoms with Crippen LogP contribution in [0, 0.1) is 11.3 Å². The molecule has 3 aliphatic rings. The molecule has 0 amide bonds. The van der Waals surface area contributed by atoms with E-state index in [1.807, 2.05) is 13.8 Å². The lowest BCUT2D eigenvalue weighted by atomic mass is 9.63. The monoisotopic (exact) mass is 423 g/mol. The van der Waals surface area contributed by atoms with Gasteiger partial charge in [0, 0.05) is 34.8 Å². The molecule has 2 aliphatic carbocycles. The summed E-state index contributed by atoms with van der Waals surface area (Å²) in [7, 11) is 0. The smallest absolute Gasteiger partial charge is 0.299 e. The Hall–Kier alpha value is -3.02. The number of Topliss-reactive ketones (excluding diaryl/α,β-unsaturated/α-hetero) is 2. The number of nitrogens with zero attached hydrogens (tertiary/aromatic N) is 1. The van der Waals surface area contributed by atoms with Crippen LogP contribution in [-0.4, -0.2) is 17.3 Å². The SMILES string of the molecule is CC1(C)CC(=O)C2C(=NC3=C(C(=O)c4ccccc43)[C@@H]2c2ccccc2C(F)(F)F)C1. The average molecular weight is 423 g/mol. The molecule has 0 bridgehead atoms. The molecule has 31 heavy (non-hydrogen) atoms. The Balaban J connectivity index is 1.80. The molecule has 1 fully saturated rings. The van der Waals surface area contributed by atoms with Gasteiger partial charge in [-0.05, 0) is 23.5 Å². The van der Waals surface area contributed by atoms with Crippen molar-refractivity contribution in [1.29, 1.82) is 0 Å². The molecular formula is C25H20F3NO2. The number of rotatable bonds is 1. The van der Waals surface area contributed by atoms with Gasteiger partial charge in [-0.1, -0.05) is 56.3 Å². The second-order valence-corrected chi connectivity index (χ2v) is 9.26. The first-order valence-corrected chi connectivity index (χ1v) is 10.2. The second-order valence-electron chi connectivity index (χ2n) is 9.26. The Kier molecular flexibility index (Phi) is 4.17. The minimum Gasteiger partial charge on any atom is -0.299 e. The number of allylic oxidation sites excluding steroid dienone is 1. The quantitative estimate of drug-likeness (QED) is 0.577.